The molecule has 334 valence electrons. The van der Waals surface area contributed by atoms with Gasteiger partial charge in [0.25, 0.3) is 0 Å². The highest BCUT2D eigenvalue weighted by atomic mass is 19.1. The maximum atomic E-state index is 14.8. The van der Waals surface area contributed by atoms with E-state index in [2.05, 4.69) is 0 Å². The molecule has 0 bridgehead atoms. The van der Waals surface area contributed by atoms with Crippen molar-refractivity contribution in [3.8, 4) is 0 Å². The molecule has 16 nitrogen and oxygen atoms in total. The molecule has 4 fully saturated rings. The Hall–Kier alpha value is -6.73. The number of halogens is 3. The monoisotopic (exact) mass is 876 g/mol. The van der Waals surface area contributed by atoms with Gasteiger partial charge in [-0.3, -0.25) is 9.80 Å². The van der Waals surface area contributed by atoms with E-state index in [-0.39, 0.29) is 83.2 Å². The van der Waals surface area contributed by atoms with Crippen molar-refractivity contribution in [1.82, 2.24) is 9.80 Å². The highest BCUT2D eigenvalue weighted by molar-refractivity contribution is 5.91. The molecule has 8 rings (SSSR count). The number of carbonyl (C=O) groups excluding carboxylic acids is 4. The van der Waals surface area contributed by atoms with Crippen LogP contribution in [0.2, 0.25) is 0 Å². The minimum Gasteiger partial charge on any atom is -0.445 e. The predicted molar refractivity (Wildman–Crippen MR) is 223 cm³/mol. The van der Waals surface area contributed by atoms with Crippen molar-refractivity contribution in [3.05, 3.63) is 120 Å². The molecule has 2 atom stereocenters. The number of ether oxygens (including phenoxy) is 4. The lowest BCUT2D eigenvalue weighted by atomic mass is 10.2. The summed E-state index contributed by atoms with van der Waals surface area (Å²) in [5, 5.41) is 18.3. The molecule has 4 heterocycles. The standard InChI is InChI=1S/C22H23F2N3O5.C22H24FN3O5/c23-18-10-16(27-12-17(13-28)32-22(27)30)11-19(24)20(18)25-6-8-26(9-7-25)21(29)31-14-15-4-2-1-3-5-15;23-19-12-17(26-13-18(14-27)31-22(26)29)6-7-20(19)24-8-10-25(11-9-24)21(28)30-15-16-4-2-1-3-5-16/h1-5,10-11,17,28H,6-9,12-14H2;1-7,12,18,27H,8-11,13-15H2/t17-;18-/m11/s1. The van der Waals surface area contributed by atoms with Crippen LogP contribution in [-0.4, -0.2) is 135 Å². The molecule has 4 aromatic carbocycles. The SMILES string of the molecule is O=C(OCc1ccccc1)N1CCN(c2c(F)cc(N3C[C@H](CO)OC3=O)cc2F)CC1.O=C(OCc1ccccc1)N1CCN(c2ccc(N3C[C@H](CO)OC3=O)cc2F)CC1. The summed E-state index contributed by atoms with van der Waals surface area (Å²) >= 11 is 0. The number of piperazine rings is 2. The number of rotatable bonds is 10. The van der Waals surface area contributed by atoms with E-state index in [1.54, 1.807) is 17.0 Å². The van der Waals surface area contributed by atoms with Crippen LogP contribution in [-0.2, 0) is 32.2 Å². The lowest BCUT2D eigenvalue weighted by Crippen LogP contribution is -2.49. The van der Waals surface area contributed by atoms with Crippen LogP contribution in [0.15, 0.2) is 91.0 Å². The molecule has 4 aliphatic rings. The van der Waals surface area contributed by atoms with Crippen LogP contribution in [0.5, 0.6) is 0 Å². The van der Waals surface area contributed by atoms with E-state index in [0.29, 0.717) is 37.6 Å². The van der Waals surface area contributed by atoms with Gasteiger partial charge in [-0.2, -0.15) is 0 Å². The van der Waals surface area contributed by atoms with Crippen molar-refractivity contribution in [2.45, 2.75) is 25.4 Å². The molecule has 4 amide bonds. The van der Waals surface area contributed by atoms with E-state index in [1.807, 2.05) is 65.6 Å². The van der Waals surface area contributed by atoms with E-state index in [0.717, 1.165) is 28.2 Å². The number of aliphatic hydroxyl groups is 2. The largest absolute Gasteiger partial charge is 0.445 e. The number of benzene rings is 4. The Morgan fingerprint density at radius 1 is 0.571 bits per heavy atom. The van der Waals surface area contributed by atoms with E-state index >= 15 is 0 Å². The number of carbonyl (C=O) groups is 4. The third-order valence-corrected chi connectivity index (χ3v) is 10.9. The average molecular weight is 877 g/mol. The lowest BCUT2D eigenvalue weighted by molar-refractivity contribution is 0.0934. The van der Waals surface area contributed by atoms with Crippen LogP contribution < -0.4 is 19.6 Å². The molecule has 63 heavy (non-hydrogen) atoms. The zero-order valence-electron chi connectivity index (χ0n) is 34.2. The Labute approximate surface area is 361 Å². The van der Waals surface area contributed by atoms with Gasteiger partial charge in [-0.25, -0.2) is 32.3 Å². The zero-order valence-corrected chi connectivity index (χ0v) is 34.2. The summed E-state index contributed by atoms with van der Waals surface area (Å²) in [6, 6.07) is 25.5. The van der Waals surface area contributed by atoms with E-state index in [9.17, 15) is 32.3 Å². The van der Waals surface area contributed by atoms with Crippen molar-refractivity contribution in [1.29, 1.82) is 0 Å². The highest BCUT2D eigenvalue weighted by Gasteiger charge is 2.35. The fourth-order valence-electron chi connectivity index (χ4n) is 7.45. The van der Waals surface area contributed by atoms with Gasteiger partial charge in [0.15, 0.2) is 11.6 Å². The maximum Gasteiger partial charge on any atom is 0.414 e. The minimum absolute atomic E-state index is 0.0112. The molecule has 4 saturated heterocycles. The van der Waals surface area contributed by atoms with Gasteiger partial charge in [0, 0.05) is 64.5 Å². The van der Waals surface area contributed by atoms with Gasteiger partial charge >= 0.3 is 24.4 Å². The summed E-state index contributed by atoms with van der Waals surface area (Å²) < 4.78 is 65.0. The Morgan fingerprint density at radius 2 is 1.00 bits per heavy atom. The van der Waals surface area contributed by atoms with Crippen LogP contribution in [0.25, 0.3) is 0 Å². The first-order valence-electron chi connectivity index (χ1n) is 20.4. The summed E-state index contributed by atoms with van der Waals surface area (Å²) in [5.74, 6) is -2.10. The van der Waals surface area contributed by atoms with Crippen LogP contribution in [0.3, 0.4) is 0 Å². The molecule has 0 aromatic heterocycles. The number of cyclic esters (lactones) is 2. The van der Waals surface area contributed by atoms with Gasteiger partial charge in [-0.1, -0.05) is 60.7 Å². The van der Waals surface area contributed by atoms with Gasteiger partial charge in [-0.15, -0.1) is 0 Å². The van der Waals surface area contributed by atoms with Gasteiger partial charge in [0.2, 0.25) is 0 Å². The number of anilines is 4. The van der Waals surface area contributed by atoms with Crippen LogP contribution in [0.1, 0.15) is 11.1 Å². The van der Waals surface area contributed by atoms with Crippen molar-refractivity contribution < 1.29 is 61.5 Å². The van der Waals surface area contributed by atoms with E-state index in [4.69, 9.17) is 29.2 Å². The number of aliphatic hydroxyl groups excluding tert-OH is 2. The van der Waals surface area contributed by atoms with Gasteiger partial charge in [0.05, 0.1) is 43.4 Å². The Morgan fingerprint density at radius 3 is 1.43 bits per heavy atom. The summed E-state index contributed by atoms with van der Waals surface area (Å²) in [7, 11) is 0. The molecular weight excluding hydrogens is 830 g/mol. The number of amides is 4. The summed E-state index contributed by atoms with van der Waals surface area (Å²) in [6.45, 7) is 2.65. The van der Waals surface area contributed by atoms with E-state index < -0.39 is 47.9 Å². The quantitative estimate of drug-likeness (QED) is 0.197. The maximum absolute atomic E-state index is 14.8. The molecular formula is C44H47F3N6O10. The second-order valence-corrected chi connectivity index (χ2v) is 15.0. The molecule has 0 saturated carbocycles. The molecule has 0 spiro atoms. The van der Waals surface area contributed by atoms with Crippen molar-refractivity contribution >= 4 is 47.1 Å². The topological polar surface area (TPSA) is 165 Å². The highest BCUT2D eigenvalue weighted by Crippen LogP contribution is 2.32. The minimum atomic E-state index is -0.819. The summed E-state index contributed by atoms with van der Waals surface area (Å²) in [4.78, 5) is 57.2. The van der Waals surface area contributed by atoms with E-state index in [1.165, 1.54) is 20.8 Å². The van der Waals surface area contributed by atoms with Gasteiger partial charge in [0.1, 0.15) is 36.9 Å². The Kier molecular flexibility index (Phi) is 14.4. The number of hydrogen-bond acceptors (Lipinski definition) is 12. The first-order valence-corrected chi connectivity index (χ1v) is 20.4. The normalized spacial score (nSPS) is 18.7. The lowest BCUT2D eigenvalue weighted by Gasteiger charge is -2.35. The number of hydrogen-bond donors (Lipinski definition) is 2. The second-order valence-electron chi connectivity index (χ2n) is 15.0. The predicted octanol–water partition coefficient (Wildman–Crippen LogP) is 5.34. The third-order valence-electron chi connectivity index (χ3n) is 10.9. The smallest absolute Gasteiger partial charge is 0.414 e. The van der Waals surface area contributed by atoms with Crippen LogP contribution in [0.4, 0.5) is 55.1 Å². The molecule has 4 aromatic rings. The second kappa shape index (κ2) is 20.4. The van der Waals surface area contributed by atoms with Gasteiger partial charge < -0.3 is 48.8 Å². The third kappa shape index (κ3) is 10.8. The first kappa shape index (κ1) is 44.3. The van der Waals surface area contributed by atoms with Crippen molar-refractivity contribution in [2.75, 3.05) is 98.3 Å². The molecule has 0 unspecified atom stereocenters. The first-order chi connectivity index (χ1) is 30.5. The molecule has 2 N–H and O–H groups in total. The molecule has 0 radical (unpaired) electrons. The average Bonchev–Trinajstić information content (AvgIpc) is 3.89. The fourth-order valence-corrected chi connectivity index (χ4v) is 7.45. The Balaban J connectivity index is 0.000000189. The molecule has 0 aliphatic carbocycles. The number of nitrogens with zero attached hydrogens (tertiary/aromatic N) is 6. The van der Waals surface area contributed by atoms with Crippen molar-refractivity contribution in [2.24, 2.45) is 0 Å². The fraction of sp³-hybridized carbons (Fsp3) is 0.364. The molecule has 19 heteroatoms. The van der Waals surface area contributed by atoms with Gasteiger partial charge in [-0.05, 0) is 29.3 Å². The summed E-state index contributed by atoms with van der Waals surface area (Å²) in [6.07, 6.45) is -3.57. The van der Waals surface area contributed by atoms with Crippen LogP contribution in [0, 0.1) is 17.5 Å². The summed E-state index contributed by atoms with van der Waals surface area (Å²) in [5.41, 5.74) is 2.39. The Bertz CT molecular complexity index is 2210. The van der Waals surface area contributed by atoms with Crippen molar-refractivity contribution in [3.63, 3.8) is 0 Å². The zero-order chi connectivity index (χ0) is 44.5. The molecule has 4 aliphatic heterocycles. The van der Waals surface area contributed by atoms with Crippen LogP contribution >= 0.6 is 0 Å².